The van der Waals surface area contributed by atoms with E-state index >= 15 is 0 Å². The molecule has 59 heavy (non-hydrogen) atoms. The normalized spacial score (nSPS) is 13.1. The van der Waals surface area contributed by atoms with Crippen molar-refractivity contribution in [1.29, 1.82) is 0 Å². The van der Waals surface area contributed by atoms with Gasteiger partial charge in [-0.3, -0.25) is 18.6 Å². The van der Waals surface area contributed by atoms with Crippen LogP contribution in [0.5, 0.6) is 0 Å². The van der Waals surface area contributed by atoms with Crippen molar-refractivity contribution in [2.45, 2.75) is 277 Å². The Balaban J connectivity index is 3.97. The van der Waals surface area contributed by atoms with Crippen molar-refractivity contribution in [3.05, 3.63) is 0 Å². The predicted octanol–water partition coefficient (Wildman–Crippen LogP) is 15.2. The van der Waals surface area contributed by atoms with Gasteiger partial charge in [0.05, 0.1) is 13.2 Å². The number of phosphoric ester groups is 1. The van der Waals surface area contributed by atoms with Crippen LogP contribution in [-0.2, 0) is 32.7 Å². The highest BCUT2D eigenvalue weighted by Gasteiger charge is 2.26. The first kappa shape index (κ1) is 58.0. The van der Waals surface area contributed by atoms with Crippen molar-refractivity contribution in [1.82, 2.24) is 0 Å². The van der Waals surface area contributed by atoms with Crippen LogP contribution in [0.2, 0.25) is 0 Å². The lowest BCUT2D eigenvalue weighted by molar-refractivity contribution is -0.161. The molecule has 0 fully saturated rings. The number of unbranched alkanes of at least 4 members (excludes halogenated alkanes) is 36. The van der Waals surface area contributed by atoms with E-state index in [0.717, 1.165) is 32.1 Å². The molecule has 1 unspecified atom stereocenters. The van der Waals surface area contributed by atoms with Gasteiger partial charge < -0.3 is 20.1 Å². The molecule has 0 aromatic heterocycles. The van der Waals surface area contributed by atoms with Crippen molar-refractivity contribution >= 4 is 19.8 Å². The van der Waals surface area contributed by atoms with Crippen LogP contribution in [0.3, 0.4) is 0 Å². The third-order valence-electron chi connectivity index (χ3n) is 11.5. The molecule has 0 rings (SSSR count). The topological polar surface area (TPSA) is 134 Å². The van der Waals surface area contributed by atoms with Gasteiger partial charge in [0.1, 0.15) is 6.61 Å². The lowest BCUT2D eigenvalue weighted by atomic mass is 10.0. The highest BCUT2D eigenvalue weighted by Crippen LogP contribution is 2.43. The molecule has 0 aromatic carbocycles. The number of hydrogen-bond donors (Lipinski definition) is 2. The van der Waals surface area contributed by atoms with Gasteiger partial charge in [-0.25, -0.2) is 4.57 Å². The molecule has 0 aliphatic carbocycles. The molecule has 352 valence electrons. The van der Waals surface area contributed by atoms with Gasteiger partial charge in [-0.05, 0) is 12.8 Å². The van der Waals surface area contributed by atoms with Gasteiger partial charge in [0.2, 0.25) is 0 Å². The zero-order chi connectivity index (χ0) is 43.2. The molecule has 0 spiro atoms. The summed E-state index contributed by atoms with van der Waals surface area (Å²) in [5.74, 6) is -0.807. The standard InChI is InChI=1S/C49H98NO8P/c1-3-5-7-9-11-13-15-17-19-21-22-23-24-25-26-28-29-31-33-35-37-39-41-48(51)55-45-47(46-57-59(53,54)56-44-43-50)58-49(52)42-40-38-36-34-32-30-27-20-18-16-14-12-10-8-6-4-2/h47H,3-46,50H2,1-2H3,(H,53,54)/t47-/m1/s1. The molecule has 0 radical (unpaired) electrons. The first-order chi connectivity index (χ1) is 28.8. The first-order valence-electron chi connectivity index (χ1n) is 25.5. The summed E-state index contributed by atoms with van der Waals surface area (Å²) in [6.45, 7) is 3.80. The van der Waals surface area contributed by atoms with Gasteiger partial charge >= 0.3 is 19.8 Å². The van der Waals surface area contributed by atoms with E-state index in [-0.39, 0.29) is 38.6 Å². The monoisotopic (exact) mass is 860 g/mol. The van der Waals surface area contributed by atoms with Crippen LogP contribution in [0.1, 0.15) is 271 Å². The minimum absolute atomic E-state index is 0.0583. The number of nitrogens with two attached hydrogens (primary N) is 1. The lowest BCUT2D eigenvalue weighted by Gasteiger charge is -2.19. The molecule has 0 bridgehead atoms. The second-order valence-corrected chi connectivity index (χ2v) is 18.9. The molecule has 0 aliphatic rings. The maximum atomic E-state index is 12.6. The smallest absolute Gasteiger partial charge is 0.462 e. The molecule has 0 saturated carbocycles. The predicted molar refractivity (Wildman–Crippen MR) is 248 cm³/mol. The van der Waals surface area contributed by atoms with E-state index in [2.05, 4.69) is 13.8 Å². The maximum Gasteiger partial charge on any atom is 0.472 e. The molecule has 3 N–H and O–H groups in total. The summed E-state index contributed by atoms with van der Waals surface area (Å²) in [6.07, 6.45) is 48.6. The molecular formula is C49H98NO8P. The Morgan fingerprint density at radius 1 is 0.441 bits per heavy atom. The van der Waals surface area contributed by atoms with E-state index in [1.165, 1.54) is 205 Å². The number of rotatable bonds is 49. The van der Waals surface area contributed by atoms with Crippen LogP contribution in [0.25, 0.3) is 0 Å². The molecule has 0 amide bonds. The van der Waals surface area contributed by atoms with Crippen LogP contribution >= 0.6 is 7.82 Å². The summed E-state index contributed by atoms with van der Waals surface area (Å²) < 4.78 is 32.9. The average Bonchev–Trinajstić information content (AvgIpc) is 3.22. The van der Waals surface area contributed by atoms with E-state index in [1.54, 1.807) is 0 Å². The number of carbonyl (C=O) groups is 2. The zero-order valence-electron chi connectivity index (χ0n) is 39.0. The van der Waals surface area contributed by atoms with Gasteiger partial charge in [-0.2, -0.15) is 0 Å². The molecule has 10 heteroatoms. The average molecular weight is 860 g/mol. The van der Waals surface area contributed by atoms with Crippen molar-refractivity contribution < 1.29 is 37.6 Å². The number of ether oxygens (including phenoxy) is 2. The summed E-state index contributed by atoms with van der Waals surface area (Å²) in [6, 6.07) is 0. The number of carbonyl (C=O) groups excluding carboxylic acids is 2. The Kier molecular flexibility index (Phi) is 45.7. The van der Waals surface area contributed by atoms with Gasteiger partial charge in [0.25, 0.3) is 0 Å². The fourth-order valence-electron chi connectivity index (χ4n) is 7.70. The van der Waals surface area contributed by atoms with E-state index in [9.17, 15) is 19.0 Å². The Hall–Kier alpha value is -0.990. The maximum absolute atomic E-state index is 12.6. The minimum Gasteiger partial charge on any atom is -0.462 e. The van der Waals surface area contributed by atoms with Crippen LogP contribution in [-0.4, -0.2) is 49.3 Å². The lowest BCUT2D eigenvalue weighted by Crippen LogP contribution is -2.29. The number of hydrogen-bond acceptors (Lipinski definition) is 8. The van der Waals surface area contributed by atoms with Crippen LogP contribution < -0.4 is 5.73 Å². The largest absolute Gasteiger partial charge is 0.472 e. The first-order valence-corrected chi connectivity index (χ1v) is 27.0. The molecule has 0 aliphatic heterocycles. The third kappa shape index (κ3) is 46.3. The van der Waals surface area contributed by atoms with Crippen molar-refractivity contribution in [3.8, 4) is 0 Å². The second kappa shape index (κ2) is 46.5. The van der Waals surface area contributed by atoms with E-state index < -0.39 is 26.5 Å². The van der Waals surface area contributed by atoms with Crippen LogP contribution in [0.15, 0.2) is 0 Å². The molecule has 9 nitrogen and oxygen atoms in total. The number of esters is 2. The second-order valence-electron chi connectivity index (χ2n) is 17.4. The highest BCUT2D eigenvalue weighted by molar-refractivity contribution is 7.47. The van der Waals surface area contributed by atoms with Crippen molar-refractivity contribution in [2.24, 2.45) is 5.73 Å². The van der Waals surface area contributed by atoms with Gasteiger partial charge in [0, 0.05) is 19.4 Å². The Morgan fingerprint density at radius 3 is 1.03 bits per heavy atom. The van der Waals surface area contributed by atoms with E-state index in [0.29, 0.717) is 6.42 Å². The zero-order valence-corrected chi connectivity index (χ0v) is 39.9. The molecular weight excluding hydrogens is 762 g/mol. The molecule has 2 atom stereocenters. The Bertz CT molecular complexity index is 938. The van der Waals surface area contributed by atoms with E-state index in [1.807, 2.05) is 0 Å². The molecule has 0 saturated heterocycles. The van der Waals surface area contributed by atoms with Crippen molar-refractivity contribution in [2.75, 3.05) is 26.4 Å². The quantitative estimate of drug-likeness (QED) is 0.0348. The summed E-state index contributed by atoms with van der Waals surface area (Å²) in [5.41, 5.74) is 5.36. The van der Waals surface area contributed by atoms with E-state index in [4.69, 9.17) is 24.3 Å². The fourth-order valence-corrected chi connectivity index (χ4v) is 8.46. The van der Waals surface area contributed by atoms with Crippen LogP contribution in [0.4, 0.5) is 0 Å². The summed E-state index contributed by atoms with van der Waals surface area (Å²) >= 11 is 0. The molecule has 0 aromatic rings. The summed E-state index contributed by atoms with van der Waals surface area (Å²) in [5, 5.41) is 0. The fraction of sp³-hybridized carbons (Fsp3) is 0.959. The third-order valence-corrected chi connectivity index (χ3v) is 12.5. The molecule has 0 heterocycles. The summed E-state index contributed by atoms with van der Waals surface area (Å²) in [4.78, 5) is 35.0. The van der Waals surface area contributed by atoms with Crippen molar-refractivity contribution in [3.63, 3.8) is 0 Å². The van der Waals surface area contributed by atoms with Gasteiger partial charge in [-0.1, -0.05) is 245 Å². The Morgan fingerprint density at radius 2 is 0.729 bits per heavy atom. The van der Waals surface area contributed by atoms with Gasteiger partial charge in [-0.15, -0.1) is 0 Å². The number of phosphoric acid groups is 1. The van der Waals surface area contributed by atoms with Gasteiger partial charge in [0.15, 0.2) is 6.10 Å². The minimum atomic E-state index is -4.37. The summed E-state index contributed by atoms with van der Waals surface area (Å²) in [7, 11) is -4.37. The SMILES string of the molecule is CCCCCCCCCCCCCCCCCCCCCCCCC(=O)OC[C@H](COP(=O)(O)OCCN)OC(=O)CCCCCCCCCCCCCCCCCC. The highest BCUT2D eigenvalue weighted by atomic mass is 31.2. The van der Waals surface area contributed by atoms with Crippen LogP contribution in [0, 0.1) is 0 Å². The Labute approximate surface area is 365 Å².